The van der Waals surface area contributed by atoms with Crippen LogP contribution in [0.3, 0.4) is 0 Å². The Labute approximate surface area is 168 Å². The van der Waals surface area contributed by atoms with Crippen LogP contribution < -0.4 is 15.4 Å². The largest absolute Gasteiger partial charge is 0.497 e. The van der Waals surface area contributed by atoms with Gasteiger partial charge >= 0.3 is 0 Å². The van der Waals surface area contributed by atoms with Crippen molar-refractivity contribution in [2.75, 3.05) is 12.4 Å². The zero-order chi connectivity index (χ0) is 19.5. The van der Waals surface area contributed by atoms with Gasteiger partial charge in [0, 0.05) is 16.5 Å². The van der Waals surface area contributed by atoms with E-state index < -0.39 is 0 Å². The van der Waals surface area contributed by atoms with E-state index in [0.717, 1.165) is 42.7 Å². The predicted molar refractivity (Wildman–Crippen MR) is 109 cm³/mol. The van der Waals surface area contributed by atoms with Crippen LogP contribution in [-0.4, -0.2) is 29.9 Å². The topological polar surface area (TPSA) is 80.3 Å². The van der Waals surface area contributed by atoms with E-state index in [1.165, 1.54) is 24.2 Å². The number of carbonyl (C=O) groups excluding carboxylic acids is 2. The molecule has 28 heavy (non-hydrogen) atoms. The molecule has 1 saturated carbocycles. The lowest BCUT2D eigenvalue weighted by atomic mass is 9.90. The van der Waals surface area contributed by atoms with Crippen molar-refractivity contribution in [3.63, 3.8) is 0 Å². The summed E-state index contributed by atoms with van der Waals surface area (Å²) in [6, 6.07) is 7.26. The molecule has 4 rings (SSSR count). The number of rotatable bonds is 5. The Hall–Kier alpha value is -2.41. The molecular weight excluding hydrogens is 374 g/mol. The van der Waals surface area contributed by atoms with Gasteiger partial charge in [0.2, 0.25) is 5.91 Å². The van der Waals surface area contributed by atoms with Crippen LogP contribution in [0.25, 0.3) is 0 Å². The second kappa shape index (κ2) is 8.31. The van der Waals surface area contributed by atoms with Crippen LogP contribution in [0.5, 0.6) is 5.75 Å². The fourth-order valence-corrected chi connectivity index (χ4v) is 5.07. The zero-order valence-corrected chi connectivity index (χ0v) is 16.8. The molecule has 2 amide bonds. The molecule has 2 aromatic rings. The molecule has 0 spiro atoms. The summed E-state index contributed by atoms with van der Waals surface area (Å²) in [5, 5.41) is 6.65. The monoisotopic (exact) mass is 399 g/mol. The molecule has 2 N–H and O–H groups in total. The van der Waals surface area contributed by atoms with Crippen LogP contribution in [0.4, 0.5) is 5.13 Å². The van der Waals surface area contributed by atoms with Crippen molar-refractivity contribution in [1.29, 1.82) is 0 Å². The normalized spacial score (nSPS) is 19.1. The first-order chi connectivity index (χ1) is 13.6. The minimum absolute atomic E-state index is 0.0891. The van der Waals surface area contributed by atoms with Gasteiger partial charge in [-0.1, -0.05) is 12.8 Å². The summed E-state index contributed by atoms with van der Waals surface area (Å²) in [4.78, 5) is 31.0. The van der Waals surface area contributed by atoms with E-state index in [1.807, 2.05) is 0 Å². The Morgan fingerprint density at radius 3 is 2.57 bits per heavy atom. The Bertz CT molecular complexity index is 856. The molecule has 1 aromatic heterocycles. The van der Waals surface area contributed by atoms with Crippen molar-refractivity contribution >= 4 is 28.3 Å². The van der Waals surface area contributed by atoms with Crippen molar-refractivity contribution in [3.8, 4) is 5.75 Å². The van der Waals surface area contributed by atoms with Gasteiger partial charge in [-0.25, -0.2) is 4.98 Å². The van der Waals surface area contributed by atoms with Crippen molar-refractivity contribution in [1.82, 2.24) is 10.3 Å². The standard InChI is InChI=1S/C21H25N3O3S/c1-27-15-11-9-13(10-12-15)19(25)24-21-23-18-16(7-4-8-17(18)28-21)20(26)22-14-5-2-3-6-14/h9-12,14,16H,2-8H2,1H3,(H,22,26)(H,23,24,25). The third kappa shape index (κ3) is 4.04. The molecule has 1 fully saturated rings. The van der Waals surface area contributed by atoms with E-state index in [2.05, 4.69) is 15.6 Å². The number of ether oxygens (including phenoxy) is 1. The highest BCUT2D eigenvalue weighted by atomic mass is 32.1. The van der Waals surface area contributed by atoms with Gasteiger partial charge in [0.25, 0.3) is 5.91 Å². The van der Waals surface area contributed by atoms with Gasteiger partial charge in [-0.05, 0) is 56.4 Å². The lowest BCUT2D eigenvalue weighted by Crippen LogP contribution is -2.37. The Balaban J connectivity index is 1.46. The SMILES string of the molecule is COc1ccc(C(=O)Nc2nc3c(s2)CCCC3C(=O)NC2CCCC2)cc1. The number of fused-ring (bicyclic) bond motifs is 1. The number of aryl methyl sites for hydroxylation is 1. The van der Waals surface area contributed by atoms with Crippen molar-refractivity contribution in [2.45, 2.75) is 56.9 Å². The molecule has 1 unspecified atom stereocenters. The number of anilines is 1. The molecule has 2 aliphatic carbocycles. The number of methoxy groups -OCH3 is 1. The fraction of sp³-hybridized carbons (Fsp3) is 0.476. The smallest absolute Gasteiger partial charge is 0.257 e. The number of amides is 2. The van der Waals surface area contributed by atoms with Crippen molar-refractivity contribution in [3.05, 3.63) is 40.4 Å². The first-order valence-electron chi connectivity index (χ1n) is 9.89. The van der Waals surface area contributed by atoms with Gasteiger partial charge in [-0.3, -0.25) is 14.9 Å². The molecule has 0 aliphatic heterocycles. The number of carbonyl (C=O) groups is 2. The lowest BCUT2D eigenvalue weighted by molar-refractivity contribution is -0.123. The minimum Gasteiger partial charge on any atom is -0.497 e. The highest BCUT2D eigenvalue weighted by Crippen LogP contribution is 2.37. The van der Waals surface area contributed by atoms with Crippen LogP contribution >= 0.6 is 11.3 Å². The van der Waals surface area contributed by atoms with Crippen LogP contribution in [0.2, 0.25) is 0 Å². The van der Waals surface area contributed by atoms with E-state index >= 15 is 0 Å². The first-order valence-corrected chi connectivity index (χ1v) is 10.7. The fourth-order valence-electron chi connectivity index (χ4n) is 4.01. The molecule has 6 nitrogen and oxygen atoms in total. The van der Waals surface area contributed by atoms with E-state index in [9.17, 15) is 9.59 Å². The van der Waals surface area contributed by atoms with E-state index in [0.29, 0.717) is 22.5 Å². The average Bonchev–Trinajstić information content (AvgIpc) is 3.36. The number of aromatic nitrogens is 1. The van der Waals surface area contributed by atoms with Crippen LogP contribution in [0.15, 0.2) is 24.3 Å². The van der Waals surface area contributed by atoms with E-state index in [1.54, 1.807) is 31.4 Å². The molecule has 0 radical (unpaired) electrons. The molecule has 0 saturated heterocycles. The molecule has 0 bridgehead atoms. The lowest BCUT2D eigenvalue weighted by Gasteiger charge is -2.22. The second-order valence-corrected chi connectivity index (χ2v) is 8.53. The van der Waals surface area contributed by atoms with E-state index in [4.69, 9.17) is 4.74 Å². The summed E-state index contributed by atoms with van der Waals surface area (Å²) < 4.78 is 5.12. The maximum atomic E-state index is 12.8. The van der Waals surface area contributed by atoms with Gasteiger partial charge < -0.3 is 10.1 Å². The molecule has 148 valence electrons. The Morgan fingerprint density at radius 1 is 1.11 bits per heavy atom. The quantitative estimate of drug-likeness (QED) is 0.799. The van der Waals surface area contributed by atoms with Crippen molar-refractivity contribution in [2.24, 2.45) is 0 Å². The number of benzene rings is 1. The van der Waals surface area contributed by atoms with Gasteiger partial charge in [0.05, 0.1) is 18.7 Å². The minimum atomic E-state index is -0.208. The number of hydrogen-bond donors (Lipinski definition) is 2. The third-order valence-electron chi connectivity index (χ3n) is 5.54. The van der Waals surface area contributed by atoms with Gasteiger partial charge in [-0.15, -0.1) is 11.3 Å². The summed E-state index contributed by atoms with van der Waals surface area (Å²) in [6.45, 7) is 0. The molecule has 1 atom stereocenters. The van der Waals surface area contributed by atoms with Crippen LogP contribution in [-0.2, 0) is 11.2 Å². The Morgan fingerprint density at radius 2 is 1.86 bits per heavy atom. The second-order valence-electron chi connectivity index (χ2n) is 7.44. The maximum Gasteiger partial charge on any atom is 0.257 e. The Kier molecular flexibility index (Phi) is 5.62. The summed E-state index contributed by atoms with van der Waals surface area (Å²) in [5.41, 5.74) is 1.39. The molecule has 2 aliphatic rings. The molecule has 7 heteroatoms. The maximum absolute atomic E-state index is 12.8. The summed E-state index contributed by atoms with van der Waals surface area (Å²) in [6.07, 6.45) is 7.25. The van der Waals surface area contributed by atoms with Crippen LogP contribution in [0.1, 0.15) is 65.4 Å². The summed E-state index contributed by atoms with van der Waals surface area (Å²) in [5.74, 6) is 0.386. The summed E-state index contributed by atoms with van der Waals surface area (Å²) >= 11 is 1.48. The number of nitrogens with zero attached hydrogens (tertiary/aromatic N) is 1. The molecule has 1 aromatic carbocycles. The highest BCUT2D eigenvalue weighted by molar-refractivity contribution is 7.15. The molecular formula is C21H25N3O3S. The predicted octanol–water partition coefficient (Wildman–Crippen LogP) is 3.88. The number of thiazole rings is 1. The number of hydrogen-bond acceptors (Lipinski definition) is 5. The first kappa shape index (κ1) is 18.9. The van der Waals surface area contributed by atoms with Crippen LogP contribution in [0, 0.1) is 0 Å². The molecule has 1 heterocycles. The summed E-state index contributed by atoms with van der Waals surface area (Å²) in [7, 11) is 1.59. The average molecular weight is 400 g/mol. The van der Waals surface area contributed by atoms with Gasteiger partial charge in [0.15, 0.2) is 5.13 Å². The zero-order valence-electron chi connectivity index (χ0n) is 16.0. The van der Waals surface area contributed by atoms with Crippen molar-refractivity contribution < 1.29 is 14.3 Å². The van der Waals surface area contributed by atoms with Gasteiger partial charge in [-0.2, -0.15) is 0 Å². The van der Waals surface area contributed by atoms with E-state index in [-0.39, 0.29) is 17.7 Å². The third-order valence-corrected chi connectivity index (χ3v) is 6.59. The number of nitrogens with one attached hydrogen (secondary N) is 2. The highest BCUT2D eigenvalue weighted by Gasteiger charge is 2.32. The van der Waals surface area contributed by atoms with Gasteiger partial charge in [0.1, 0.15) is 5.75 Å².